The molecule has 0 atom stereocenters. The van der Waals surface area contributed by atoms with E-state index < -0.39 is 95.6 Å². The summed E-state index contributed by atoms with van der Waals surface area (Å²) in [6, 6.07) is 2.52. The van der Waals surface area contributed by atoms with Crippen LogP contribution in [0, 0.1) is 18.3 Å². The van der Waals surface area contributed by atoms with Crippen LogP contribution < -0.4 is 15.4 Å². The fourth-order valence-corrected chi connectivity index (χ4v) is 5.56. The van der Waals surface area contributed by atoms with Crippen molar-refractivity contribution >= 4 is 27.7 Å². The van der Waals surface area contributed by atoms with E-state index in [1.165, 1.54) is 12.1 Å². The maximum Gasteiger partial charge on any atom is 0.315 e. The minimum absolute atomic E-state index is 0.0469. The molecule has 0 unspecified atom stereocenters. The number of halogens is 1. The van der Waals surface area contributed by atoms with Gasteiger partial charge in [-0.05, 0) is 61.7 Å². The van der Waals surface area contributed by atoms with Crippen molar-refractivity contribution in [3.05, 3.63) is 52.5 Å². The first kappa shape index (κ1) is 16.9. The molecule has 2 N–H and O–H groups in total. The SMILES string of the molecule is [2H]c1c([2H])c(Oc2cc(C)cc(Cl)c2)c(S(=O)(=O)N2CCC(NC(=O)NCCN3C([2H])([2H])C([2H])([2H])OC([2H])([2H])C3([2H])[2H])CC2)c([2H])c1C#N. The Bertz CT molecular complexity index is 1740. The summed E-state index contributed by atoms with van der Waals surface area (Å²) in [7, 11) is -4.60. The summed E-state index contributed by atoms with van der Waals surface area (Å²) >= 11 is 6.11. The number of nitrogens with zero attached hydrogens (tertiary/aromatic N) is 3. The topological polar surface area (TPSA) is 124 Å². The second-order valence-electron chi connectivity index (χ2n) is 8.35. The summed E-state index contributed by atoms with van der Waals surface area (Å²) in [4.78, 5) is 12.2. The third kappa shape index (κ3) is 7.36. The van der Waals surface area contributed by atoms with E-state index in [2.05, 4.69) is 15.4 Å². The standard InChI is InChI=1S/C26H32ClN5O5S/c1-19-14-21(27)17-23(15-19)37-24-3-2-20(18-28)16-25(24)38(34,35)32-7-4-22(5-8-32)30-26(33)29-6-9-31-10-12-36-13-11-31/h2-3,14-17,22H,4-13H2,1H3,(H2,29,30,33)/i2D,3D,10D2,11D2,12D2,13D2,16D. The first-order valence-corrected chi connectivity index (χ1v) is 13.3. The third-order valence-electron chi connectivity index (χ3n) is 5.56. The van der Waals surface area contributed by atoms with Gasteiger partial charge in [0.1, 0.15) is 16.4 Å². The highest BCUT2D eigenvalue weighted by atomic mass is 35.5. The molecule has 12 heteroatoms. The van der Waals surface area contributed by atoms with Crippen LogP contribution in [-0.4, -0.2) is 82.0 Å². The van der Waals surface area contributed by atoms with E-state index in [0.29, 0.717) is 10.5 Å². The van der Waals surface area contributed by atoms with Crippen molar-refractivity contribution in [3.63, 3.8) is 0 Å². The minimum Gasteiger partial charge on any atom is -0.456 e. The van der Waals surface area contributed by atoms with Gasteiger partial charge in [-0.3, -0.25) is 4.90 Å². The van der Waals surface area contributed by atoms with Gasteiger partial charge >= 0.3 is 6.03 Å². The van der Waals surface area contributed by atoms with Gasteiger partial charge in [0.05, 0.1) is 34.3 Å². The Kier molecular flexibility index (Phi) is 5.70. The van der Waals surface area contributed by atoms with Crippen molar-refractivity contribution in [2.75, 3.05) is 52.3 Å². The Morgan fingerprint density at radius 1 is 1.29 bits per heavy atom. The molecule has 0 radical (unpaired) electrons. The number of urea groups is 1. The minimum atomic E-state index is -4.60. The summed E-state index contributed by atoms with van der Waals surface area (Å²) < 4.78 is 127. The van der Waals surface area contributed by atoms with Gasteiger partial charge < -0.3 is 20.1 Å². The molecule has 2 fully saturated rings. The largest absolute Gasteiger partial charge is 0.456 e. The molecule has 2 aliphatic rings. The van der Waals surface area contributed by atoms with E-state index in [-0.39, 0.29) is 36.7 Å². The Balaban J connectivity index is 1.45. The van der Waals surface area contributed by atoms with Crippen molar-refractivity contribution in [2.45, 2.75) is 30.7 Å². The average Bonchev–Trinajstić information content (AvgIpc) is 2.96. The number of morpholine rings is 1. The van der Waals surface area contributed by atoms with Gasteiger partial charge in [-0.2, -0.15) is 9.57 Å². The lowest BCUT2D eigenvalue weighted by Crippen LogP contribution is -2.50. The van der Waals surface area contributed by atoms with Gasteiger partial charge in [-0.1, -0.05) is 11.6 Å². The van der Waals surface area contributed by atoms with Crippen molar-refractivity contribution in [1.29, 1.82) is 5.26 Å². The van der Waals surface area contributed by atoms with Gasteiger partial charge in [0.15, 0.2) is 0 Å². The maximum atomic E-state index is 13.9. The van der Waals surface area contributed by atoms with Crippen LogP contribution in [0.1, 0.15) is 39.0 Å². The smallest absolute Gasteiger partial charge is 0.315 e. The molecule has 2 aromatic carbocycles. The van der Waals surface area contributed by atoms with Gasteiger partial charge in [0.25, 0.3) is 0 Å². The van der Waals surface area contributed by atoms with Crippen molar-refractivity contribution in [3.8, 4) is 17.6 Å². The molecule has 0 aliphatic carbocycles. The van der Waals surface area contributed by atoms with Crippen LogP contribution in [0.5, 0.6) is 11.5 Å². The van der Waals surface area contributed by atoms with Crippen LogP contribution in [0.15, 0.2) is 41.2 Å². The third-order valence-corrected chi connectivity index (χ3v) is 7.63. The Hall–Kier alpha value is -2.88. The number of sulfonamides is 1. The van der Waals surface area contributed by atoms with E-state index in [4.69, 9.17) is 31.4 Å². The number of hydrogen-bond donors (Lipinski definition) is 2. The van der Waals surface area contributed by atoms with Crippen LogP contribution in [0.3, 0.4) is 0 Å². The lowest BCUT2D eigenvalue weighted by Gasteiger charge is -2.32. The van der Waals surface area contributed by atoms with E-state index in [1.807, 2.05) is 0 Å². The number of carbonyl (C=O) groups excluding carboxylic acids is 1. The van der Waals surface area contributed by atoms with Gasteiger partial charge in [0.2, 0.25) is 10.0 Å². The fraction of sp³-hybridized carbons (Fsp3) is 0.462. The molecule has 204 valence electrons. The molecule has 10 nitrogen and oxygen atoms in total. The summed E-state index contributed by atoms with van der Waals surface area (Å²) in [5, 5.41) is 14.8. The molecule has 2 amide bonds. The van der Waals surface area contributed by atoms with Crippen LogP contribution >= 0.6 is 11.6 Å². The number of benzene rings is 2. The van der Waals surface area contributed by atoms with Crippen molar-refractivity contribution in [2.24, 2.45) is 0 Å². The van der Waals surface area contributed by atoms with E-state index >= 15 is 0 Å². The highest BCUT2D eigenvalue weighted by Gasteiger charge is 2.32. The molecule has 2 aliphatic heterocycles. The fourth-order valence-electron chi connectivity index (χ4n) is 3.77. The normalized spacial score (nSPS) is 27.0. The van der Waals surface area contributed by atoms with Crippen LogP contribution in [-0.2, 0) is 14.8 Å². The number of nitrogens with one attached hydrogen (secondary N) is 2. The highest BCUT2D eigenvalue weighted by molar-refractivity contribution is 7.89. The van der Waals surface area contributed by atoms with Crippen molar-refractivity contribution in [1.82, 2.24) is 19.8 Å². The zero-order chi connectivity index (χ0) is 36.9. The molecule has 38 heavy (non-hydrogen) atoms. The first-order chi connectivity index (χ1) is 22.5. The number of amides is 2. The van der Waals surface area contributed by atoms with Gasteiger partial charge in [0, 0.05) is 55.7 Å². The molecule has 2 aromatic rings. The number of carbonyl (C=O) groups is 1. The summed E-state index contributed by atoms with van der Waals surface area (Å²) in [5.74, 6) is -0.573. The molecule has 4 rings (SSSR count). The summed E-state index contributed by atoms with van der Waals surface area (Å²) in [5.41, 5.74) is 0.0215. The van der Waals surface area contributed by atoms with E-state index in [1.54, 1.807) is 19.1 Å². The molecular weight excluding hydrogens is 530 g/mol. The lowest BCUT2D eigenvalue weighted by molar-refractivity contribution is 0.0387. The second-order valence-corrected chi connectivity index (χ2v) is 10.7. The maximum absolute atomic E-state index is 13.9. The quantitative estimate of drug-likeness (QED) is 0.498. The van der Waals surface area contributed by atoms with Gasteiger partial charge in [-0.15, -0.1) is 0 Å². The highest BCUT2D eigenvalue weighted by Crippen LogP contribution is 2.34. The predicted octanol–water partition coefficient (Wildman–Crippen LogP) is 3.10. The Morgan fingerprint density at radius 2 is 2.03 bits per heavy atom. The van der Waals surface area contributed by atoms with E-state index in [9.17, 15) is 18.5 Å². The van der Waals surface area contributed by atoms with Crippen LogP contribution in [0.25, 0.3) is 0 Å². The molecule has 2 saturated heterocycles. The Labute approximate surface area is 244 Å². The monoisotopic (exact) mass is 572 g/mol. The van der Waals surface area contributed by atoms with E-state index in [0.717, 1.165) is 4.31 Å². The molecule has 0 aromatic heterocycles. The summed E-state index contributed by atoms with van der Waals surface area (Å²) in [6.45, 7) is -12.3. The number of rotatable bonds is 8. The molecule has 0 saturated carbocycles. The number of piperidine rings is 1. The number of ether oxygens (including phenoxy) is 2. The number of hydrogen-bond acceptors (Lipinski definition) is 7. The molecule has 0 spiro atoms. The van der Waals surface area contributed by atoms with Crippen molar-refractivity contribution < 1.29 is 37.8 Å². The molecular formula is C26H32ClN5O5S. The number of aryl methyl sites for hydroxylation is 1. The van der Waals surface area contributed by atoms with Gasteiger partial charge in [-0.25, -0.2) is 13.2 Å². The van der Waals surface area contributed by atoms with Crippen LogP contribution in [0.4, 0.5) is 4.79 Å². The zero-order valence-corrected chi connectivity index (χ0v) is 21.8. The first-order valence-electron chi connectivity index (χ1n) is 17.0. The zero-order valence-electron chi connectivity index (χ0n) is 31.2. The number of nitriles is 1. The summed E-state index contributed by atoms with van der Waals surface area (Å²) in [6.07, 6.45) is 0.155. The molecule has 2 heterocycles. The van der Waals surface area contributed by atoms with Crippen LogP contribution in [0.2, 0.25) is 5.02 Å². The molecule has 0 bridgehead atoms. The average molecular weight is 573 g/mol. The second kappa shape index (κ2) is 12.8. The predicted molar refractivity (Wildman–Crippen MR) is 143 cm³/mol. The Morgan fingerprint density at radius 3 is 2.71 bits per heavy atom. The lowest BCUT2D eigenvalue weighted by atomic mass is 10.1.